The Morgan fingerprint density at radius 1 is 1.23 bits per heavy atom. The second-order valence-corrected chi connectivity index (χ2v) is 4.65. The Bertz CT molecular complexity index is 137. The van der Waals surface area contributed by atoms with Gasteiger partial charge in [-0.05, 0) is 20.3 Å². The van der Waals surface area contributed by atoms with Crippen molar-refractivity contribution in [3.05, 3.63) is 0 Å². The van der Waals surface area contributed by atoms with Gasteiger partial charge in [0, 0.05) is 31.7 Å². The van der Waals surface area contributed by atoms with Gasteiger partial charge < -0.3 is 5.32 Å². The van der Waals surface area contributed by atoms with Gasteiger partial charge in [-0.1, -0.05) is 19.8 Å². The fourth-order valence-electron chi connectivity index (χ4n) is 2.04. The molecule has 1 saturated heterocycles. The molecule has 0 spiro atoms. The summed E-state index contributed by atoms with van der Waals surface area (Å²) in [4.78, 5) is 2.62. The molecule has 0 radical (unpaired) electrons. The zero-order valence-electron chi connectivity index (χ0n) is 9.40. The topological polar surface area (TPSA) is 15.3 Å². The van der Waals surface area contributed by atoms with Crippen molar-refractivity contribution in [2.75, 3.05) is 26.2 Å². The van der Waals surface area contributed by atoms with Gasteiger partial charge in [-0.15, -0.1) is 0 Å². The minimum atomic E-state index is 0.415. The standard InChI is InChI=1S/C11H24N2/c1-4-5-6-11(2,3)13-9-7-12-8-10-13/h12H,4-10H2,1-3H3. The summed E-state index contributed by atoms with van der Waals surface area (Å²) in [5, 5.41) is 3.40. The van der Waals surface area contributed by atoms with E-state index in [2.05, 4.69) is 31.0 Å². The Kier molecular flexibility index (Phi) is 4.20. The number of piperazine rings is 1. The van der Waals surface area contributed by atoms with Crippen LogP contribution in [0.2, 0.25) is 0 Å². The van der Waals surface area contributed by atoms with Crippen molar-refractivity contribution in [1.29, 1.82) is 0 Å². The number of nitrogens with one attached hydrogen (secondary N) is 1. The van der Waals surface area contributed by atoms with Gasteiger partial charge in [0.05, 0.1) is 0 Å². The van der Waals surface area contributed by atoms with Crippen molar-refractivity contribution in [3.8, 4) is 0 Å². The summed E-state index contributed by atoms with van der Waals surface area (Å²) in [6.07, 6.45) is 4.01. The third-order valence-corrected chi connectivity index (χ3v) is 3.12. The first-order valence-corrected chi connectivity index (χ1v) is 5.62. The Labute approximate surface area is 82.7 Å². The van der Waals surface area contributed by atoms with E-state index in [4.69, 9.17) is 0 Å². The third-order valence-electron chi connectivity index (χ3n) is 3.12. The molecule has 0 unspecified atom stereocenters. The first-order valence-electron chi connectivity index (χ1n) is 5.62. The van der Waals surface area contributed by atoms with Crippen molar-refractivity contribution in [2.24, 2.45) is 0 Å². The molecule has 2 nitrogen and oxygen atoms in total. The predicted octanol–water partition coefficient (Wildman–Crippen LogP) is 1.86. The minimum absolute atomic E-state index is 0.415. The molecule has 1 aliphatic heterocycles. The molecule has 1 aliphatic rings. The van der Waals surface area contributed by atoms with Crippen LogP contribution in [-0.2, 0) is 0 Å². The second kappa shape index (κ2) is 4.97. The van der Waals surface area contributed by atoms with Gasteiger partial charge >= 0.3 is 0 Å². The van der Waals surface area contributed by atoms with E-state index in [1.165, 1.54) is 32.4 Å². The van der Waals surface area contributed by atoms with E-state index < -0.39 is 0 Å². The fourth-order valence-corrected chi connectivity index (χ4v) is 2.04. The molecule has 0 aliphatic carbocycles. The van der Waals surface area contributed by atoms with Crippen LogP contribution in [-0.4, -0.2) is 36.6 Å². The van der Waals surface area contributed by atoms with Crippen LogP contribution in [0.1, 0.15) is 40.0 Å². The summed E-state index contributed by atoms with van der Waals surface area (Å²) in [5.41, 5.74) is 0.415. The molecule has 0 atom stereocenters. The molecular weight excluding hydrogens is 160 g/mol. The third kappa shape index (κ3) is 3.28. The Balaban J connectivity index is 2.36. The van der Waals surface area contributed by atoms with Crippen molar-refractivity contribution in [3.63, 3.8) is 0 Å². The Morgan fingerprint density at radius 3 is 2.38 bits per heavy atom. The molecule has 1 rings (SSSR count). The Hall–Kier alpha value is -0.0800. The van der Waals surface area contributed by atoms with E-state index in [1.807, 2.05) is 0 Å². The number of hydrogen-bond acceptors (Lipinski definition) is 2. The molecule has 0 aromatic carbocycles. The van der Waals surface area contributed by atoms with Crippen LogP contribution in [0, 0.1) is 0 Å². The highest BCUT2D eigenvalue weighted by molar-refractivity contribution is 4.84. The van der Waals surface area contributed by atoms with E-state index in [-0.39, 0.29) is 0 Å². The van der Waals surface area contributed by atoms with Gasteiger partial charge in [0.15, 0.2) is 0 Å². The maximum absolute atomic E-state index is 3.40. The van der Waals surface area contributed by atoms with Crippen LogP contribution < -0.4 is 5.32 Å². The van der Waals surface area contributed by atoms with Crippen molar-refractivity contribution in [2.45, 2.75) is 45.6 Å². The highest BCUT2D eigenvalue weighted by Gasteiger charge is 2.26. The lowest BCUT2D eigenvalue weighted by molar-refractivity contribution is 0.0936. The molecule has 78 valence electrons. The summed E-state index contributed by atoms with van der Waals surface area (Å²) < 4.78 is 0. The lowest BCUT2D eigenvalue weighted by atomic mass is 9.94. The van der Waals surface area contributed by atoms with Crippen LogP contribution in [0.3, 0.4) is 0 Å². The number of hydrogen-bond donors (Lipinski definition) is 1. The minimum Gasteiger partial charge on any atom is -0.314 e. The van der Waals surface area contributed by atoms with Gasteiger partial charge in [0.1, 0.15) is 0 Å². The van der Waals surface area contributed by atoms with Gasteiger partial charge in [0.2, 0.25) is 0 Å². The maximum atomic E-state index is 3.40. The van der Waals surface area contributed by atoms with Gasteiger partial charge in [-0.3, -0.25) is 4.90 Å². The summed E-state index contributed by atoms with van der Waals surface area (Å²) in [5.74, 6) is 0. The van der Waals surface area contributed by atoms with E-state index in [9.17, 15) is 0 Å². The van der Waals surface area contributed by atoms with Crippen LogP contribution in [0.25, 0.3) is 0 Å². The van der Waals surface area contributed by atoms with E-state index in [1.54, 1.807) is 0 Å². The van der Waals surface area contributed by atoms with E-state index in [0.29, 0.717) is 5.54 Å². The molecule has 1 heterocycles. The lowest BCUT2D eigenvalue weighted by Gasteiger charge is -2.41. The van der Waals surface area contributed by atoms with E-state index >= 15 is 0 Å². The van der Waals surface area contributed by atoms with Crippen molar-refractivity contribution >= 4 is 0 Å². The summed E-state index contributed by atoms with van der Waals surface area (Å²) >= 11 is 0. The highest BCUT2D eigenvalue weighted by atomic mass is 15.2. The molecule has 0 aromatic heterocycles. The second-order valence-electron chi connectivity index (χ2n) is 4.65. The van der Waals surface area contributed by atoms with Crippen LogP contribution in [0.4, 0.5) is 0 Å². The molecule has 0 bridgehead atoms. The predicted molar refractivity (Wildman–Crippen MR) is 58.0 cm³/mol. The van der Waals surface area contributed by atoms with E-state index in [0.717, 1.165) is 13.1 Å². The SMILES string of the molecule is CCCCC(C)(C)N1CCNCC1. The van der Waals surface area contributed by atoms with Gasteiger partial charge in [-0.2, -0.15) is 0 Å². The lowest BCUT2D eigenvalue weighted by Crippen LogP contribution is -2.53. The fraction of sp³-hybridized carbons (Fsp3) is 1.00. The average Bonchev–Trinajstić information content (AvgIpc) is 2.16. The van der Waals surface area contributed by atoms with Crippen LogP contribution in [0.5, 0.6) is 0 Å². The molecule has 13 heavy (non-hydrogen) atoms. The number of rotatable bonds is 4. The monoisotopic (exact) mass is 184 g/mol. The quantitative estimate of drug-likeness (QED) is 0.717. The summed E-state index contributed by atoms with van der Waals surface area (Å²) in [6, 6.07) is 0. The van der Waals surface area contributed by atoms with Gasteiger partial charge in [-0.25, -0.2) is 0 Å². The maximum Gasteiger partial charge on any atom is 0.0154 e. The van der Waals surface area contributed by atoms with Crippen molar-refractivity contribution in [1.82, 2.24) is 10.2 Å². The van der Waals surface area contributed by atoms with Crippen LogP contribution >= 0.6 is 0 Å². The summed E-state index contributed by atoms with van der Waals surface area (Å²) in [6.45, 7) is 11.8. The summed E-state index contributed by atoms with van der Waals surface area (Å²) in [7, 11) is 0. The first kappa shape index (κ1) is 11.0. The Morgan fingerprint density at radius 2 is 1.85 bits per heavy atom. The zero-order valence-corrected chi connectivity index (χ0v) is 9.40. The largest absolute Gasteiger partial charge is 0.314 e. The molecule has 1 fully saturated rings. The molecule has 0 aromatic rings. The molecular formula is C11H24N2. The average molecular weight is 184 g/mol. The number of unbranched alkanes of at least 4 members (excludes halogenated alkanes) is 1. The zero-order chi connectivity index (χ0) is 9.73. The molecule has 2 heteroatoms. The van der Waals surface area contributed by atoms with Crippen molar-refractivity contribution < 1.29 is 0 Å². The molecule has 0 saturated carbocycles. The first-order chi connectivity index (χ1) is 6.17. The highest BCUT2D eigenvalue weighted by Crippen LogP contribution is 2.21. The molecule has 1 N–H and O–H groups in total. The van der Waals surface area contributed by atoms with Gasteiger partial charge in [0.25, 0.3) is 0 Å². The normalized spacial score (nSPS) is 20.5. The number of nitrogens with zero attached hydrogens (tertiary/aromatic N) is 1. The smallest absolute Gasteiger partial charge is 0.0154 e. The van der Waals surface area contributed by atoms with Crippen LogP contribution in [0.15, 0.2) is 0 Å². The molecule has 0 amide bonds.